The molecule has 1 saturated heterocycles. The molecular weight excluding hydrogens is 310 g/mol. The summed E-state index contributed by atoms with van der Waals surface area (Å²) >= 11 is 0. The molecule has 1 aromatic carbocycles. The van der Waals surface area contributed by atoms with Crippen molar-refractivity contribution < 1.29 is 24.2 Å². The second-order valence-corrected chi connectivity index (χ2v) is 7.01. The Balaban J connectivity index is 2.03. The number of carboxylic acids is 1. The number of carbonyl (C=O) groups is 2. The molecule has 1 N–H and O–H groups in total. The van der Waals surface area contributed by atoms with Gasteiger partial charge in [0.15, 0.2) is 0 Å². The third-order valence-corrected chi connectivity index (χ3v) is 4.07. The van der Waals surface area contributed by atoms with Crippen LogP contribution in [0.25, 0.3) is 0 Å². The lowest BCUT2D eigenvalue weighted by atomic mass is 9.88. The number of piperidine rings is 1. The molecule has 1 aliphatic heterocycles. The summed E-state index contributed by atoms with van der Waals surface area (Å²) in [6.45, 7) is 6.76. The number of nitrogens with zero attached hydrogens (tertiary/aromatic N) is 1. The molecule has 1 fully saturated rings. The summed E-state index contributed by atoms with van der Waals surface area (Å²) in [5, 5.41) is 9.29. The number of methoxy groups -OCH3 is 1. The average Bonchev–Trinajstić information content (AvgIpc) is 2.52. The summed E-state index contributed by atoms with van der Waals surface area (Å²) in [7, 11) is 1.46. The highest BCUT2D eigenvalue weighted by Gasteiger charge is 2.28. The van der Waals surface area contributed by atoms with Crippen molar-refractivity contribution in [3.8, 4) is 5.75 Å². The quantitative estimate of drug-likeness (QED) is 0.915. The first-order valence-corrected chi connectivity index (χ1v) is 8.10. The fourth-order valence-electron chi connectivity index (χ4n) is 2.87. The summed E-state index contributed by atoms with van der Waals surface area (Å²) in [6.07, 6.45) is 1.27. The highest BCUT2D eigenvalue weighted by atomic mass is 16.6. The summed E-state index contributed by atoms with van der Waals surface area (Å²) in [4.78, 5) is 25.1. The first kappa shape index (κ1) is 18.1. The lowest BCUT2D eigenvalue weighted by molar-refractivity contribution is 0.0204. The highest BCUT2D eigenvalue weighted by molar-refractivity contribution is 5.91. The predicted molar refractivity (Wildman–Crippen MR) is 89.7 cm³/mol. The maximum atomic E-state index is 12.1. The maximum Gasteiger partial charge on any atom is 0.410 e. The highest BCUT2D eigenvalue weighted by Crippen LogP contribution is 2.31. The second-order valence-electron chi connectivity index (χ2n) is 7.01. The van der Waals surface area contributed by atoms with Crippen molar-refractivity contribution in [2.45, 2.75) is 45.1 Å². The predicted octanol–water partition coefficient (Wildman–Crippen LogP) is 3.51. The summed E-state index contributed by atoms with van der Waals surface area (Å²) in [5.41, 5.74) is 0.641. The van der Waals surface area contributed by atoms with E-state index in [4.69, 9.17) is 9.47 Å². The molecule has 1 amide bonds. The van der Waals surface area contributed by atoms with E-state index in [-0.39, 0.29) is 17.6 Å². The van der Waals surface area contributed by atoms with Crippen molar-refractivity contribution in [2.24, 2.45) is 0 Å². The van der Waals surface area contributed by atoms with Crippen LogP contribution >= 0.6 is 0 Å². The Morgan fingerprint density at radius 3 is 2.33 bits per heavy atom. The molecule has 0 aromatic heterocycles. The third kappa shape index (κ3) is 4.40. The Kier molecular flexibility index (Phi) is 5.36. The van der Waals surface area contributed by atoms with Gasteiger partial charge >= 0.3 is 12.1 Å². The monoisotopic (exact) mass is 335 g/mol. The van der Waals surface area contributed by atoms with Gasteiger partial charge in [-0.2, -0.15) is 0 Å². The molecule has 0 atom stereocenters. The Morgan fingerprint density at radius 1 is 1.21 bits per heavy atom. The van der Waals surface area contributed by atoms with Crippen molar-refractivity contribution in [3.05, 3.63) is 29.3 Å². The fourth-order valence-corrected chi connectivity index (χ4v) is 2.87. The lowest BCUT2D eigenvalue weighted by Gasteiger charge is -2.33. The van der Waals surface area contributed by atoms with Crippen LogP contribution in [-0.4, -0.2) is 47.9 Å². The van der Waals surface area contributed by atoms with Crippen LogP contribution in [0.5, 0.6) is 5.75 Å². The van der Waals surface area contributed by atoms with E-state index in [0.717, 1.165) is 18.4 Å². The minimum Gasteiger partial charge on any atom is -0.496 e. The van der Waals surface area contributed by atoms with Crippen LogP contribution in [-0.2, 0) is 4.74 Å². The van der Waals surface area contributed by atoms with Crippen molar-refractivity contribution in [1.82, 2.24) is 4.90 Å². The average molecular weight is 335 g/mol. The van der Waals surface area contributed by atoms with Crippen LogP contribution in [0.1, 0.15) is 55.5 Å². The van der Waals surface area contributed by atoms with Crippen LogP contribution in [0.2, 0.25) is 0 Å². The SMILES string of the molecule is COc1ccc(C2CCN(C(=O)OC(C)(C)C)CC2)cc1C(=O)O. The van der Waals surface area contributed by atoms with E-state index >= 15 is 0 Å². The van der Waals surface area contributed by atoms with Crippen LogP contribution in [0.3, 0.4) is 0 Å². The van der Waals surface area contributed by atoms with Gasteiger partial charge in [-0.3, -0.25) is 0 Å². The first-order chi connectivity index (χ1) is 11.2. The number of amides is 1. The van der Waals surface area contributed by atoms with Gasteiger partial charge in [-0.1, -0.05) is 6.07 Å². The van der Waals surface area contributed by atoms with Gasteiger partial charge in [0.2, 0.25) is 0 Å². The van der Waals surface area contributed by atoms with E-state index in [0.29, 0.717) is 18.8 Å². The van der Waals surface area contributed by atoms with Crippen molar-refractivity contribution >= 4 is 12.1 Å². The van der Waals surface area contributed by atoms with Crippen LogP contribution < -0.4 is 4.74 Å². The number of benzene rings is 1. The molecule has 1 aromatic rings. The number of hydrogen-bond acceptors (Lipinski definition) is 4. The molecule has 0 bridgehead atoms. The number of aromatic carboxylic acids is 1. The lowest BCUT2D eigenvalue weighted by Crippen LogP contribution is -2.41. The zero-order valence-electron chi connectivity index (χ0n) is 14.7. The van der Waals surface area contributed by atoms with E-state index in [1.165, 1.54) is 7.11 Å². The Morgan fingerprint density at radius 2 is 1.83 bits per heavy atom. The standard InChI is InChI=1S/C18H25NO5/c1-18(2,3)24-17(22)19-9-7-12(8-10-19)13-5-6-15(23-4)14(11-13)16(20)21/h5-6,11-12H,7-10H2,1-4H3,(H,20,21). The van der Waals surface area contributed by atoms with Gasteiger partial charge in [0.05, 0.1) is 7.11 Å². The van der Waals surface area contributed by atoms with Crippen LogP contribution in [0.15, 0.2) is 18.2 Å². The zero-order chi connectivity index (χ0) is 17.9. The molecule has 6 nitrogen and oxygen atoms in total. The molecule has 0 saturated carbocycles. The number of likely N-dealkylation sites (tertiary alicyclic amines) is 1. The van der Waals surface area contributed by atoms with E-state index in [9.17, 15) is 14.7 Å². The summed E-state index contributed by atoms with van der Waals surface area (Å²) < 4.78 is 10.5. The van der Waals surface area contributed by atoms with Crippen LogP contribution in [0, 0.1) is 0 Å². The number of hydrogen-bond donors (Lipinski definition) is 1. The third-order valence-electron chi connectivity index (χ3n) is 4.07. The molecule has 132 valence electrons. The van der Waals surface area contributed by atoms with Gasteiger partial charge in [0.1, 0.15) is 16.9 Å². The Hall–Kier alpha value is -2.24. The minimum atomic E-state index is -1.00. The van der Waals surface area contributed by atoms with Gasteiger partial charge in [-0.25, -0.2) is 9.59 Å². The molecule has 2 rings (SSSR count). The number of carbonyl (C=O) groups excluding carboxylic acids is 1. The summed E-state index contributed by atoms with van der Waals surface area (Å²) in [6, 6.07) is 5.27. The molecular formula is C18H25NO5. The molecule has 0 unspecified atom stereocenters. The molecule has 0 radical (unpaired) electrons. The summed E-state index contributed by atoms with van der Waals surface area (Å²) in [5.74, 6) is -0.412. The normalized spacial score (nSPS) is 15.9. The van der Waals surface area contributed by atoms with Gasteiger partial charge in [-0.05, 0) is 57.2 Å². The van der Waals surface area contributed by atoms with Gasteiger partial charge < -0.3 is 19.5 Å². The van der Waals surface area contributed by atoms with Crippen molar-refractivity contribution in [2.75, 3.05) is 20.2 Å². The molecule has 0 aliphatic carbocycles. The second kappa shape index (κ2) is 7.11. The van der Waals surface area contributed by atoms with E-state index in [1.807, 2.05) is 26.8 Å². The minimum absolute atomic E-state index is 0.171. The Bertz CT molecular complexity index is 612. The van der Waals surface area contributed by atoms with Gasteiger partial charge in [0, 0.05) is 13.1 Å². The first-order valence-electron chi connectivity index (χ1n) is 8.10. The Labute approximate surface area is 142 Å². The molecule has 1 heterocycles. The molecule has 24 heavy (non-hydrogen) atoms. The smallest absolute Gasteiger partial charge is 0.410 e. The van der Waals surface area contributed by atoms with Crippen molar-refractivity contribution in [1.29, 1.82) is 0 Å². The topological polar surface area (TPSA) is 76.1 Å². The van der Waals surface area contributed by atoms with E-state index < -0.39 is 11.6 Å². The van der Waals surface area contributed by atoms with Crippen LogP contribution in [0.4, 0.5) is 4.79 Å². The number of rotatable bonds is 3. The van der Waals surface area contributed by atoms with Gasteiger partial charge in [-0.15, -0.1) is 0 Å². The largest absolute Gasteiger partial charge is 0.496 e. The van der Waals surface area contributed by atoms with Gasteiger partial charge in [0.25, 0.3) is 0 Å². The number of carboxylic acid groups (broad SMARTS) is 1. The van der Waals surface area contributed by atoms with E-state index in [2.05, 4.69) is 0 Å². The molecule has 0 spiro atoms. The fraction of sp³-hybridized carbons (Fsp3) is 0.556. The number of ether oxygens (including phenoxy) is 2. The maximum absolute atomic E-state index is 12.1. The van der Waals surface area contributed by atoms with Crippen molar-refractivity contribution in [3.63, 3.8) is 0 Å². The zero-order valence-corrected chi connectivity index (χ0v) is 14.7. The molecule has 1 aliphatic rings. The molecule has 6 heteroatoms. The van der Waals surface area contributed by atoms with E-state index in [1.54, 1.807) is 17.0 Å².